The van der Waals surface area contributed by atoms with Gasteiger partial charge >= 0.3 is 0 Å². The number of benzene rings is 1. The Morgan fingerprint density at radius 3 is 2.50 bits per heavy atom. The van der Waals surface area contributed by atoms with Crippen molar-refractivity contribution in [3.8, 4) is 11.1 Å². The average molecular weight is 425 g/mol. The van der Waals surface area contributed by atoms with Crippen LogP contribution in [0.4, 0.5) is 16.0 Å². The molecule has 2 aromatic heterocycles. The van der Waals surface area contributed by atoms with Crippen LogP contribution in [0, 0.1) is 11.7 Å². The van der Waals surface area contributed by atoms with Crippen molar-refractivity contribution in [3.63, 3.8) is 0 Å². The van der Waals surface area contributed by atoms with Crippen molar-refractivity contribution in [2.75, 3.05) is 23.3 Å². The van der Waals surface area contributed by atoms with E-state index in [0.717, 1.165) is 36.0 Å². The fraction of sp³-hybridized carbons (Fsp3) is 0.261. The van der Waals surface area contributed by atoms with E-state index in [2.05, 4.69) is 33.2 Å². The molecular formula is C23H22ClFN4O. The van der Waals surface area contributed by atoms with Gasteiger partial charge in [0.25, 0.3) is 5.91 Å². The van der Waals surface area contributed by atoms with Gasteiger partial charge in [-0.1, -0.05) is 18.5 Å². The Kier molecular flexibility index (Phi) is 5.95. The van der Waals surface area contributed by atoms with Gasteiger partial charge in [0.1, 0.15) is 17.5 Å². The summed E-state index contributed by atoms with van der Waals surface area (Å²) in [6.07, 6.45) is 5.79. The van der Waals surface area contributed by atoms with Crippen molar-refractivity contribution in [1.82, 2.24) is 9.97 Å². The summed E-state index contributed by atoms with van der Waals surface area (Å²) in [6, 6.07) is 11.6. The summed E-state index contributed by atoms with van der Waals surface area (Å²) in [5, 5.41) is 2.64. The number of piperidine rings is 1. The molecule has 1 saturated heterocycles. The third-order valence-electron chi connectivity index (χ3n) is 5.37. The third-order valence-corrected chi connectivity index (χ3v) is 5.66. The standard InChI is InChI=1S/C23H22ClFN4O/c1-15-6-10-29(11-7-15)22-14-17(5-9-27-22)16-4-8-26-21(13-16)28-23(30)18-2-3-20(25)19(24)12-18/h2-5,8-9,12-15H,6-7,10-11H2,1H3,(H,26,28,30). The quantitative estimate of drug-likeness (QED) is 0.607. The summed E-state index contributed by atoms with van der Waals surface area (Å²) >= 11 is 5.77. The van der Waals surface area contributed by atoms with Crippen molar-refractivity contribution in [3.05, 3.63) is 71.3 Å². The Morgan fingerprint density at radius 2 is 1.77 bits per heavy atom. The van der Waals surface area contributed by atoms with Gasteiger partial charge in [-0.15, -0.1) is 0 Å². The predicted octanol–water partition coefficient (Wildman–Crippen LogP) is 5.42. The van der Waals surface area contributed by atoms with E-state index in [1.54, 1.807) is 12.3 Å². The molecule has 154 valence electrons. The van der Waals surface area contributed by atoms with Gasteiger partial charge in [-0.3, -0.25) is 4.79 Å². The highest BCUT2D eigenvalue weighted by Crippen LogP contribution is 2.27. The molecule has 1 amide bonds. The maximum absolute atomic E-state index is 13.3. The highest BCUT2D eigenvalue weighted by Gasteiger charge is 2.17. The number of amides is 1. The third kappa shape index (κ3) is 4.60. The first-order valence-corrected chi connectivity index (χ1v) is 10.3. The Balaban J connectivity index is 1.52. The van der Waals surface area contributed by atoms with Crippen LogP contribution in [-0.2, 0) is 0 Å². The highest BCUT2D eigenvalue weighted by molar-refractivity contribution is 6.31. The maximum atomic E-state index is 13.3. The molecule has 0 saturated carbocycles. The lowest BCUT2D eigenvalue weighted by Crippen LogP contribution is -2.33. The van der Waals surface area contributed by atoms with E-state index in [1.165, 1.54) is 31.0 Å². The number of nitrogens with one attached hydrogen (secondary N) is 1. The smallest absolute Gasteiger partial charge is 0.256 e. The van der Waals surface area contributed by atoms with Crippen molar-refractivity contribution in [2.24, 2.45) is 5.92 Å². The van der Waals surface area contributed by atoms with Crippen LogP contribution in [0.15, 0.2) is 54.9 Å². The molecule has 3 aromatic rings. The SMILES string of the molecule is CC1CCN(c2cc(-c3ccnc(NC(=O)c4ccc(F)c(Cl)c4)c3)ccn2)CC1. The molecule has 0 unspecified atom stereocenters. The van der Waals surface area contributed by atoms with Crippen LogP contribution in [0.3, 0.4) is 0 Å². The molecule has 1 fully saturated rings. The number of carbonyl (C=O) groups is 1. The number of pyridine rings is 2. The number of hydrogen-bond acceptors (Lipinski definition) is 4. The largest absolute Gasteiger partial charge is 0.357 e. The summed E-state index contributed by atoms with van der Waals surface area (Å²) in [5.74, 6) is 1.15. The first-order valence-electron chi connectivity index (χ1n) is 9.93. The minimum atomic E-state index is -0.565. The molecule has 5 nitrogen and oxygen atoms in total. The van der Waals surface area contributed by atoms with Gasteiger partial charge in [0.2, 0.25) is 0 Å². The lowest BCUT2D eigenvalue weighted by Gasteiger charge is -2.31. The Bertz CT molecular complexity index is 1070. The summed E-state index contributed by atoms with van der Waals surface area (Å²) < 4.78 is 13.3. The molecule has 0 bridgehead atoms. The Morgan fingerprint density at radius 1 is 1.07 bits per heavy atom. The summed E-state index contributed by atoms with van der Waals surface area (Å²) in [4.78, 5) is 23.5. The van der Waals surface area contributed by atoms with Crippen LogP contribution >= 0.6 is 11.6 Å². The van der Waals surface area contributed by atoms with E-state index in [4.69, 9.17) is 11.6 Å². The van der Waals surface area contributed by atoms with E-state index in [0.29, 0.717) is 5.82 Å². The lowest BCUT2D eigenvalue weighted by molar-refractivity contribution is 0.102. The Hall–Kier alpha value is -2.99. The molecule has 1 N–H and O–H groups in total. The number of rotatable bonds is 4. The second-order valence-electron chi connectivity index (χ2n) is 7.59. The zero-order chi connectivity index (χ0) is 21.1. The highest BCUT2D eigenvalue weighted by atomic mass is 35.5. The van der Waals surface area contributed by atoms with Gasteiger partial charge in [-0.05, 0) is 72.4 Å². The summed E-state index contributed by atoms with van der Waals surface area (Å²) in [5.41, 5.74) is 2.19. The number of nitrogens with zero attached hydrogens (tertiary/aromatic N) is 3. The molecule has 0 atom stereocenters. The maximum Gasteiger partial charge on any atom is 0.256 e. The van der Waals surface area contributed by atoms with E-state index < -0.39 is 11.7 Å². The fourth-order valence-electron chi connectivity index (χ4n) is 3.51. The normalized spacial score (nSPS) is 14.6. The van der Waals surface area contributed by atoms with Crippen LogP contribution in [0.25, 0.3) is 11.1 Å². The molecule has 30 heavy (non-hydrogen) atoms. The number of carbonyl (C=O) groups excluding carboxylic acids is 1. The van der Waals surface area contributed by atoms with Gasteiger partial charge in [-0.2, -0.15) is 0 Å². The van der Waals surface area contributed by atoms with Crippen LogP contribution < -0.4 is 10.2 Å². The molecule has 0 aliphatic carbocycles. The minimum Gasteiger partial charge on any atom is -0.357 e. The minimum absolute atomic E-state index is 0.0965. The molecule has 4 rings (SSSR count). The fourth-order valence-corrected chi connectivity index (χ4v) is 3.69. The van der Waals surface area contributed by atoms with Crippen LogP contribution in [0.1, 0.15) is 30.1 Å². The van der Waals surface area contributed by atoms with Crippen molar-refractivity contribution < 1.29 is 9.18 Å². The van der Waals surface area contributed by atoms with Crippen molar-refractivity contribution in [2.45, 2.75) is 19.8 Å². The Labute approximate surface area is 179 Å². The molecule has 3 heterocycles. The van der Waals surface area contributed by atoms with Gasteiger partial charge in [-0.25, -0.2) is 14.4 Å². The van der Waals surface area contributed by atoms with Gasteiger partial charge in [0.15, 0.2) is 0 Å². The number of halogens is 2. The zero-order valence-electron chi connectivity index (χ0n) is 16.6. The number of hydrogen-bond donors (Lipinski definition) is 1. The molecule has 1 aromatic carbocycles. The van der Waals surface area contributed by atoms with Gasteiger partial charge in [0, 0.05) is 31.0 Å². The molecule has 0 spiro atoms. The van der Waals surface area contributed by atoms with Gasteiger partial charge < -0.3 is 10.2 Å². The molecule has 1 aliphatic heterocycles. The lowest BCUT2D eigenvalue weighted by atomic mass is 9.99. The molecule has 7 heteroatoms. The van der Waals surface area contributed by atoms with Crippen molar-refractivity contribution >= 4 is 29.1 Å². The first kappa shape index (κ1) is 20.3. The summed E-state index contributed by atoms with van der Waals surface area (Å²) in [7, 11) is 0. The average Bonchev–Trinajstić information content (AvgIpc) is 2.76. The molecule has 1 aliphatic rings. The van der Waals surface area contributed by atoms with E-state index in [-0.39, 0.29) is 10.6 Å². The zero-order valence-corrected chi connectivity index (χ0v) is 17.4. The van der Waals surface area contributed by atoms with Gasteiger partial charge in [0.05, 0.1) is 5.02 Å². The van der Waals surface area contributed by atoms with Crippen LogP contribution in [0.2, 0.25) is 5.02 Å². The van der Waals surface area contributed by atoms with Crippen molar-refractivity contribution in [1.29, 1.82) is 0 Å². The topological polar surface area (TPSA) is 58.1 Å². The van der Waals surface area contributed by atoms with E-state index in [1.807, 2.05) is 18.3 Å². The molecule has 0 radical (unpaired) electrons. The monoisotopic (exact) mass is 424 g/mol. The predicted molar refractivity (Wildman–Crippen MR) is 117 cm³/mol. The number of anilines is 2. The van der Waals surface area contributed by atoms with Crippen LogP contribution in [0.5, 0.6) is 0 Å². The second-order valence-corrected chi connectivity index (χ2v) is 7.99. The van der Waals surface area contributed by atoms with E-state index >= 15 is 0 Å². The van der Waals surface area contributed by atoms with Crippen LogP contribution in [-0.4, -0.2) is 29.0 Å². The van der Waals surface area contributed by atoms with E-state index in [9.17, 15) is 9.18 Å². The molecular weight excluding hydrogens is 403 g/mol. The summed E-state index contributed by atoms with van der Waals surface area (Å²) in [6.45, 7) is 4.30. The second kappa shape index (κ2) is 8.79. The first-order chi connectivity index (χ1) is 14.5. The number of aromatic nitrogens is 2.